The van der Waals surface area contributed by atoms with Crippen molar-refractivity contribution >= 4 is 11.8 Å². The second-order valence-corrected chi connectivity index (χ2v) is 5.16. The minimum Gasteiger partial charge on any atom is -0.481 e. The van der Waals surface area contributed by atoms with Crippen molar-refractivity contribution in [2.24, 2.45) is 5.92 Å². The second kappa shape index (κ2) is 4.32. The van der Waals surface area contributed by atoms with E-state index in [4.69, 9.17) is 5.11 Å². The van der Waals surface area contributed by atoms with Crippen LogP contribution in [-0.4, -0.2) is 33.4 Å². The summed E-state index contributed by atoms with van der Waals surface area (Å²) in [5.41, 5.74) is -1.04. The number of aliphatic carboxylic acids is 1. The lowest BCUT2D eigenvalue weighted by Gasteiger charge is -2.23. The number of aromatic nitrogens is 2. The summed E-state index contributed by atoms with van der Waals surface area (Å²) in [5, 5.41) is 16.0. The van der Waals surface area contributed by atoms with Gasteiger partial charge in [-0.15, -0.1) is 10.2 Å². The Hall–Kier alpha value is -1.86. The summed E-state index contributed by atoms with van der Waals surface area (Å²) in [7, 11) is 0. The quantitative estimate of drug-likeness (QED) is 0.900. The van der Waals surface area contributed by atoms with Crippen molar-refractivity contribution in [3.8, 4) is 0 Å². The average molecular weight is 287 g/mol. The summed E-state index contributed by atoms with van der Waals surface area (Å²) in [6, 6.07) is 2.00. The van der Waals surface area contributed by atoms with Crippen molar-refractivity contribution in [3.05, 3.63) is 17.8 Å². The molecule has 20 heavy (non-hydrogen) atoms. The molecule has 1 N–H and O–H groups in total. The predicted octanol–water partition coefficient (Wildman–Crippen LogP) is 1.94. The van der Waals surface area contributed by atoms with E-state index in [1.807, 2.05) is 4.90 Å². The Bertz CT molecular complexity index is 532. The first-order valence-corrected chi connectivity index (χ1v) is 6.30. The Balaban J connectivity index is 1.86. The van der Waals surface area contributed by atoms with E-state index in [-0.39, 0.29) is 12.1 Å². The van der Waals surface area contributed by atoms with Crippen molar-refractivity contribution < 1.29 is 23.1 Å². The number of hydrogen-bond donors (Lipinski definition) is 1. The Morgan fingerprint density at radius 2 is 2.05 bits per heavy atom. The molecule has 0 radical (unpaired) electrons. The molecule has 0 amide bonds. The van der Waals surface area contributed by atoms with Gasteiger partial charge in [0.2, 0.25) is 0 Å². The van der Waals surface area contributed by atoms with Crippen molar-refractivity contribution in [3.63, 3.8) is 0 Å². The molecule has 0 spiro atoms. The fourth-order valence-electron chi connectivity index (χ4n) is 3.23. The number of alkyl halides is 3. The highest BCUT2D eigenvalue weighted by atomic mass is 19.4. The van der Waals surface area contributed by atoms with Gasteiger partial charge in [-0.3, -0.25) is 4.79 Å². The van der Waals surface area contributed by atoms with E-state index in [2.05, 4.69) is 10.2 Å². The van der Waals surface area contributed by atoms with E-state index in [0.29, 0.717) is 12.2 Å². The summed E-state index contributed by atoms with van der Waals surface area (Å²) < 4.78 is 37.3. The van der Waals surface area contributed by atoms with Crippen LogP contribution in [0.15, 0.2) is 12.1 Å². The Morgan fingerprint density at radius 3 is 2.55 bits per heavy atom. The minimum atomic E-state index is -4.51. The molecule has 1 aromatic rings. The van der Waals surface area contributed by atoms with Crippen LogP contribution < -0.4 is 4.90 Å². The van der Waals surface area contributed by atoms with Gasteiger partial charge in [-0.2, -0.15) is 13.2 Å². The van der Waals surface area contributed by atoms with Gasteiger partial charge in [-0.05, 0) is 31.4 Å². The lowest BCUT2D eigenvalue weighted by atomic mass is 9.89. The smallest absolute Gasteiger partial charge is 0.435 e. The van der Waals surface area contributed by atoms with Crippen LogP contribution in [0.1, 0.15) is 25.0 Å². The van der Waals surface area contributed by atoms with Crippen molar-refractivity contribution in [1.82, 2.24) is 10.2 Å². The molecule has 3 heterocycles. The van der Waals surface area contributed by atoms with Crippen molar-refractivity contribution in [1.29, 1.82) is 0 Å². The maximum atomic E-state index is 12.4. The molecule has 2 aliphatic heterocycles. The number of rotatable bonds is 2. The zero-order valence-corrected chi connectivity index (χ0v) is 10.3. The normalized spacial score (nSPS) is 28.9. The molecule has 3 unspecified atom stereocenters. The molecule has 0 aromatic carbocycles. The van der Waals surface area contributed by atoms with Gasteiger partial charge < -0.3 is 10.0 Å². The summed E-state index contributed by atoms with van der Waals surface area (Å²) in [6.45, 7) is 0. The van der Waals surface area contributed by atoms with E-state index < -0.39 is 23.8 Å². The molecule has 2 bridgehead atoms. The lowest BCUT2D eigenvalue weighted by Crippen LogP contribution is -2.33. The molecular weight excluding hydrogens is 275 g/mol. The fourth-order valence-corrected chi connectivity index (χ4v) is 3.23. The van der Waals surface area contributed by atoms with E-state index in [1.54, 1.807) is 0 Å². The van der Waals surface area contributed by atoms with Crippen LogP contribution in [0.3, 0.4) is 0 Å². The van der Waals surface area contributed by atoms with E-state index in [1.165, 1.54) is 6.07 Å². The van der Waals surface area contributed by atoms with Gasteiger partial charge >= 0.3 is 12.1 Å². The summed E-state index contributed by atoms with van der Waals surface area (Å²) >= 11 is 0. The van der Waals surface area contributed by atoms with E-state index in [0.717, 1.165) is 18.9 Å². The molecule has 1 aromatic heterocycles. The van der Waals surface area contributed by atoms with Gasteiger partial charge in [0.1, 0.15) is 0 Å². The molecule has 0 aliphatic carbocycles. The van der Waals surface area contributed by atoms with Crippen molar-refractivity contribution in [2.75, 3.05) is 4.90 Å². The van der Waals surface area contributed by atoms with Crippen LogP contribution in [0.5, 0.6) is 0 Å². The average Bonchev–Trinajstić information content (AvgIpc) is 2.95. The molecule has 0 saturated carbocycles. The van der Waals surface area contributed by atoms with Crippen LogP contribution >= 0.6 is 0 Å². The van der Waals surface area contributed by atoms with Gasteiger partial charge in [0.05, 0.1) is 5.92 Å². The Labute approximate surface area is 112 Å². The topological polar surface area (TPSA) is 66.3 Å². The summed E-state index contributed by atoms with van der Waals surface area (Å²) in [6.07, 6.45) is -2.43. The van der Waals surface area contributed by atoms with Crippen LogP contribution in [0.2, 0.25) is 0 Å². The lowest BCUT2D eigenvalue weighted by molar-refractivity contribution is -0.142. The molecule has 2 aliphatic rings. The van der Waals surface area contributed by atoms with Crippen molar-refractivity contribution in [2.45, 2.75) is 37.5 Å². The highest BCUT2D eigenvalue weighted by Crippen LogP contribution is 2.44. The fraction of sp³-hybridized carbons (Fsp3) is 0.583. The van der Waals surface area contributed by atoms with Gasteiger partial charge in [-0.25, -0.2) is 0 Å². The zero-order valence-electron chi connectivity index (χ0n) is 10.3. The maximum absolute atomic E-state index is 12.4. The molecule has 8 heteroatoms. The van der Waals surface area contributed by atoms with Gasteiger partial charge in [0.25, 0.3) is 0 Å². The number of hydrogen-bond acceptors (Lipinski definition) is 4. The van der Waals surface area contributed by atoms with Crippen LogP contribution in [0, 0.1) is 5.92 Å². The number of nitrogens with zero attached hydrogens (tertiary/aromatic N) is 3. The number of carboxylic acid groups (broad SMARTS) is 1. The van der Waals surface area contributed by atoms with Crippen LogP contribution in [0.25, 0.3) is 0 Å². The third-order valence-electron chi connectivity index (χ3n) is 4.06. The first-order chi connectivity index (χ1) is 9.38. The number of carboxylic acids is 1. The third-order valence-corrected chi connectivity index (χ3v) is 4.06. The Kier molecular flexibility index (Phi) is 2.84. The van der Waals surface area contributed by atoms with E-state index >= 15 is 0 Å². The zero-order chi connectivity index (χ0) is 14.5. The second-order valence-electron chi connectivity index (χ2n) is 5.16. The molecule has 3 rings (SSSR count). The maximum Gasteiger partial charge on any atom is 0.435 e. The number of carbonyl (C=O) groups is 1. The molecule has 3 atom stereocenters. The molecule has 108 valence electrons. The molecule has 2 saturated heterocycles. The highest BCUT2D eigenvalue weighted by Gasteiger charge is 2.50. The first kappa shape index (κ1) is 13.1. The number of halogens is 3. The van der Waals surface area contributed by atoms with Gasteiger partial charge in [0, 0.05) is 12.1 Å². The van der Waals surface area contributed by atoms with Gasteiger partial charge in [0.15, 0.2) is 11.5 Å². The Morgan fingerprint density at radius 1 is 1.30 bits per heavy atom. The van der Waals surface area contributed by atoms with Crippen LogP contribution in [-0.2, 0) is 11.0 Å². The number of anilines is 1. The van der Waals surface area contributed by atoms with Gasteiger partial charge in [-0.1, -0.05) is 0 Å². The monoisotopic (exact) mass is 287 g/mol. The minimum absolute atomic E-state index is 0.0344. The largest absolute Gasteiger partial charge is 0.481 e. The number of fused-ring (bicyclic) bond motifs is 2. The SMILES string of the molecule is O=C(O)C1CC2CCC1N2c1ccc(C(F)(F)F)nn1. The molecular formula is C12H12F3N3O2. The summed E-state index contributed by atoms with van der Waals surface area (Å²) in [5.74, 6) is -1.01. The third kappa shape index (κ3) is 1.99. The summed E-state index contributed by atoms with van der Waals surface area (Å²) in [4.78, 5) is 13.0. The predicted molar refractivity (Wildman–Crippen MR) is 62.1 cm³/mol. The van der Waals surface area contributed by atoms with Crippen LogP contribution in [0.4, 0.5) is 19.0 Å². The molecule has 2 fully saturated rings. The first-order valence-electron chi connectivity index (χ1n) is 6.30. The standard InChI is InChI=1S/C12H12F3N3O2/c13-12(14,15)9-3-4-10(17-16-9)18-6-1-2-8(18)7(5-6)11(19)20/h3-4,6-8H,1-2,5H2,(H,19,20). The highest BCUT2D eigenvalue weighted by molar-refractivity contribution is 5.73. The van der Waals surface area contributed by atoms with E-state index in [9.17, 15) is 18.0 Å². The molecule has 5 nitrogen and oxygen atoms in total.